The molecule has 3 rings (SSSR count). The van der Waals surface area contributed by atoms with Crippen molar-refractivity contribution in [3.63, 3.8) is 0 Å². The molecule has 180 valence electrons. The number of alkyl halides is 1. The number of amides is 1. The number of nitrogens with zero attached hydrogens (tertiary/aromatic N) is 2. The van der Waals surface area contributed by atoms with Gasteiger partial charge < -0.3 is 21.7 Å². The van der Waals surface area contributed by atoms with Crippen molar-refractivity contribution >= 4 is 30.1 Å². The van der Waals surface area contributed by atoms with Crippen LogP contribution in [0.2, 0.25) is 0 Å². The van der Waals surface area contributed by atoms with Gasteiger partial charge in [0.15, 0.2) is 0 Å². The summed E-state index contributed by atoms with van der Waals surface area (Å²) in [5.74, 6) is -0.0821. The van der Waals surface area contributed by atoms with Crippen LogP contribution in [0.15, 0.2) is 66.0 Å². The van der Waals surface area contributed by atoms with Crippen molar-refractivity contribution in [2.45, 2.75) is 44.3 Å². The van der Waals surface area contributed by atoms with Crippen LogP contribution in [0.25, 0.3) is 12.3 Å². The van der Waals surface area contributed by atoms with Crippen molar-refractivity contribution in [3.05, 3.63) is 77.0 Å². The SMILES string of the molecule is C=C/C=c1/cc(C2C=NC=CC2)cc(NC2CCN(C(=O)/C(=C/C=C\N)C(C)F)CC2)/c1=C/N. The third-order valence-corrected chi connectivity index (χ3v) is 6.18. The number of nitrogens with two attached hydrogens (primary N) is 2. The molecule has 0 radical (unpaired) electrons. The van der Waals surface area contributed by atoms with Crippen LogP contribution < -0.4 is 27.2 Å². The number of benzene rings is 1. The number of allylic oxidation sites excluding steroid dienone is 4. The molecular weight excluding hydrogens is 429 g/mol. The van der Waals surface area contributed by atoms with Crippen molar-refractivity contribution in [2.24, 2.45) is 16.5 Å². The number of piperidine rings is 1. The predicted molar refractivity (Wildman–Crippen MR) is 139 cm³/mol. The van der Waals surface area contributed by atoms with E-state index in [1.165, 1.54) is 25.3 Å². The van der Waals surface area contributed by atoms with Gasteiger partial charge >= 0.3 is 0 Å². The molecule has 0 saturated carbocycles. The van der Waals surface area contributed by atoms with E-state index in [1.54, 1.807) is 17.2 Å². The molecule has 0 aliphatic carbocycles. The van der Waals surface area contributed by atoms with Gasteiger partial charge in [0, 0.05) is 54.6 Å². The highest BCUT2D eigenvalue weighted by molar-refractivity contribution is 5.94. The van der Waals surface area contributed by atoms with Crippen LogP contribution in [0, 0.1) is 0 Å². The van der Waals surface area contributed by atoms with Crippen LogP contribution in [-0.2, 0) is 4.79 Å². The van der Waals surface area contributed by atoms with Gasteiger partial charge in [0.1, 0.15) is 6.17 Å². The van der Waals surface area contributed by atoms with Crippen LogP contribution in [0.4, 0.5) is 10.1 Å². The van der Waals surface area contributed by atoms with Crippen molar-refractivity contribution in [3.8, 4) is 0 Å². The molecule has 2 aliphatic heterocycles. The van der Waals surface area contributed by atoms with Gasteiger partial charge in [-0.2, -0.15) is 0 Å². The fourth-order valence-electron chi connectivity index (χ4n) is 4.35. The maximum Gasteiger partial charge on any atom is 0.252 e. The number of hydrogen-bond acceptors (Lipinski definition) is 5. The predicted octanol–water partition coefficient (Wildman–Crippen LogP) is 2.58. The van der Waals surface area contributed by atoms with Gasteiger partial charge in [-0.15, -0.1) is 0 Å². The number of hydrogen-bond donors (Lipinski definition) is 3. The number of carbonyl (C=O) groups is 1. The van der Waals surface area contributed by atoms with Gasteiger partial charge in [0.05, 0.1) is 5.57 Å². The second kappa shape index (κ2) is 12.0. The lowest BCUT2D eigenvalue weighted by molar-refractivity contribution is -0.128. The number of halogens is 1. The number of anilines is 1. The molecule has 0 bridgehead atoms. The Kier molecular flexibility index (Phi) is 8.85. The Morgan fingerprint density at radius 2 is 2.09 bits per heavy atom. The molecule has 1 aromatic rings. The molecule has 1 saturated heterocycles. The second-order valence-electron chi connectivity index (χ2n) is 8.50. The lowest BCUT2D eigenvalue weighted by Gasteiger charge is -2.34. The molecule has 5 N–H and O–H groups in total. The quantitative estimate of drug-likeness (QED) is 0.428. The van der Waals surface area contributed by atoms with Gasteiger partial charge in [-0.1, -0.05) is 30.9 Å². The minimum absolute atomic E-state index is 0.119. The summed E-state index contributed by atoms with van der Waals surface area (Å²) in [6, 6.07) is 4.43. The smallest absolute Gasteiger partial charge is 0.252 e. The van der Waals surface area contributed by atoms with E-state index in [9.17, 15) is 9.18 Å². The first-order valence-electron chi connectivity index (χ1n) is 11.6. The molecule has 34 heavy (non-hydrogen) atoms. The van der Waals surface area contributed by atoms with Crippen molar-refractivity contribution in [1.82, 2.24) is 4.90 Å². The zero-order valence-electron chi connectivity index (χ0n) is 19.7. The van der Waals surface area contributed by atoms with Crippen LogP contribution >= 0.6 is 0 Å². The lowest BCUT2D eigenvalue weighted by atomic mass is 9.93. The van der Waals surface area contributed by atoms with Crippen LogP contribution in [0.3, 0.4) is 0 Å². The van der Waals surface area contributed by atoms with Gasteiger partial charge in [0.2, 0.25) is 0 Å². The lowest BCUT2D eigenvalue weighted by Crippen LogP contribution is -2.44. The summed E-state index contributed by atoms with van der Waals surface area (Å²) in [5.41, 5.74) is 13.6. The summed E-state index contributed by atoms with van der Waals surface area (Å²) in [5, 5.41) is 5.55. The normalized spacial score (nSPS) is 21.3. The zero-order chi connectivity index (χ0) is 24.5. The third kappa shape index (κ3) is 6.04. The molecule has 1 aromatic carbocycles. The fraction of sp³-hybridized carbons (Fsp3) is 0.333. The van der Waals surface area contributed by atoms with Gasteiger partial charge in [-0.05, 0) is 61.4 Å². The number of nitrogens with one attached hydrogen (secondary N) is 1. The van der Waals surface area contributed by atoms with E-state index in [2.05, 4.69) is 35.1 Å². The van der Waals surface area contributed by atoms with E-state index in [0.717, 1.165) is 41.0 Å². The summed E-state index contributed by atoms with van der Waals surface area (Å²) in [7, 11) is 0. The van der Waals surface area contributed by atoms with E-state index in [0.29, 0.717) is 13.1 Å². The number of likely N-dealkylation sites (tertiary alicyclic amines) is 1. The van der Waals surface area contributed by atoms with Crippen LogP contribution in [-0.4, -0.2) is 42.3 Å². The van der Waals surface area contributed by atoms with E-state index < -0.39 is 6.17 Å². The molecule has 0 spiro atoms. The molecule has 0 aromatic heterocycles. The zero-order valence-corrected chi connectivity index (χ0v) is 19.7. The molecule has 7 heteroatoms. The Bertz CT molecular complexity index is 1120. The molecule has 2 atom stereocenters. The Hall–Kier alpha value is -3.61. The molecular formula is C27H34FN5O. The Morgan fingerprint density at radius 1 is 1.32 bits per heavy atom. The van der Waals surface area contributed by atoms with Gasteiger partial charge in [0.25, 0.3) is 5.91 Å². The average molecular weight is 464 g/mol. The maximum absolute atomic E-state index is 14.0. The molecule has 6 nitrogen and oxygen atoms in total. The highest BCUT2D eigenvalue weighted by atomic mass is 19.1. The van der Waals surface area contributed by atoms with Gasteiger partial charge in [-0.3, -0.25) is 9.79 Å². The highest BCUT2D eigenvalue weighted by Gasteiger charge is 2.27. The summed E-state index contributed by atoms with van der Waals surface area (Å²) in [6.07, 6.45) is 16.4. The molecule has 2 heterocycles. The molecule has 1 fully saturated rings. The molecule has 2 unspecified atom stereocenters. The maximum atomic E-state index is 14.0. The number of rotatable bonds is 7. The monoisotopic (exact) mass is 463 g/mol. The summed E-state index contributed by atoms with van der Waals surface area (Å²) >= 11 is 0. The standard InChI is InChI=1S/C27H34FN5O/c1-3-6-20-15-22(21-7-5-12-31-18-21)16-26(25(20)17-30)32-23-9-13-33(14-10-23)27(34)24(19(2)28)8-4-11-29/h3-6,8,11-12,15-19,21,23,32H,1,7,9-10,13-14,29-30H2,2H3/b11-4-,20-6-,24-8+,25-17+. The van der Waals surface area contributed by atoms with Gasteiger partial charge in [-0.25, -0.2) is 4.39 Å². The van der Waals surface area contributed by atoms with Crippen molar-refractivity contribution < 1.29 is 9.18 Å². The minimum atomic E-state index is -1.36. The average Bonchev–Trinajstić information content (AvgIpc) is 2.85. The van der Waals surface area contributed by atoms with E-state index in [1.807, 2.05) is 18.5 Å². The number of aliphatic imine (C=N–C) groups is 1. The van der Waals surface area contributed by atoms with Crippen LogP contribution in [0.1, 0.15) is 37.7 Å². The Labute approximate surface area is 200 Å². The highest BCUT2D eigenvalue weighted by Crippen LogP contribution is 2.23. The topological polar surface area (TPSA) is 96.7 Å². The second-order valence-corrected chi connectivity index (χ2v) is 8.50. The molecule has 1 amide bonds. The van der Waals surface area contributed by atoms with E-state index in [-0.39, 0.29) is 23.4 Å². The Morgan fingerprint density at radius 3 is 2.68 bits per heavy atom. The largest absolute Gasteiger partial charge is 0.405 e. The fourth-order valence-corrected chi connectivity index (χ4v) is 4.35. The summed E-state index contributed by atoms with van der Waals surface area (Å²) < 4.78 is 14.0. The number of carbonyl (C=O) groups excluding carboxylic acids is 1. The Balaban J connectivity index is 1.79. The minimum Gasteiger partial charge on any atom is -0.405 e. The summed E-state index contributed by atoms with van der Waals surface area (Å²) in [4.78, 5) is 18.8. The van der Waals surface area contributed by atoms with Crippen molar-refractivity contribution in [1.29, 1.82) is 0 Å². The first-order valence-corrected chi connectivity index (χ1v) is 11.6. The van der Waals surface area contributed by atoms with Crippen molar-refractivity contribution in [2.75, 3.05) is 18.4 Å². The van der Waals surface area contributed by atoms with E-state index >= 15 is 0 Å². The molecule has 2 aliphatic rings. The van der Waals surface area contributed by atoms with E-state index in [4.69, 9.17) is 11.5 Å². The first kappa shape index (κ1) is 25.0. The first-order chi connectivity index (χ1) is 16.5. The van der Waals surface area contributed by atoms with Crippen LogP contribution in [0.5, 0.6) is 0 Å². The summed E-state index contributed by atoms with van der Waals surface area (Å²) in [6.45, 7) is 6.29. The third-order valence-electron chi connectivity index (χ3n) is 6.18.